The van der Waals surface area contributed by atoms with Crippen molar-refractivity contribution in [3.8, 4) is 0 Å². The molecule has 128 valence electrons. The highest BCUT2D eigenvalue weighted by molar-refractivity contribution is 5.79. The first kappa shape index (κ1) is 16.4. The van der Waals surface area contributed by atoms with Gasteiger partial charge in [0.2, 0.25) is 5.91 Å². The van der Waals surface area contributed by atoms with Gasteiger partial charge in [-0.25, -0.2) is 0 Å². The molecule has 0 radical (unpaired) electrons. The lowest BCUT2D eigenvalue weighted by molar-refractivity contribution is -0.127. The second-order valence-electron chi connectivity index (χ2n) is 6.68. The van der Waals surface area contributed by atoms with Gasteiger partial charge >= 0.3 is 0 Å². The van der Waals surface area contributed by atoms with E-state index in [1.54, 1.807) is 6.33 Å². The lowest BCUT2D eigenvalue weighted by Gasteiger charge is -2.39. The smallest absolute Gasteiger partial charge is 0.223 e. The highest BCUT2D eigenvalue weighted by Gasteiger charge is 2.30. The van der Waals surface area contributed by atoms with Crippen LogP contribution in [-0.4, -0.2) is 57.9 Å². The van der Waals surface area contributed by atoms with Gasteiger partial charge in [0.1, 0.15) is 6.33 Å². The Morgan fingerprint density at radius 2 is 2.00 bits per heavy atom. The number of carbonyl (C=O) groups is 1. The number of rotatable bonds is 4. The van der Waals surface area contributed by atoms with Crippen LogP contribution in [0.3, 0.4) is 0 Å². The van der Waals surface area contributed by atoms with Crippen LogP contribution in [-0.2, 0) is 16.6 Å². The maximum atomic E-state index is 12.5. The Hall–Kier alpha value is -1.47. The molecule has 2 aliphatic rings. The third kappa shape index (κ3) is 3.90. The Labute approximate surface area is 137 Å². The lowest BCUT2D eigenvalue weighted by atomic mass is 9.93. The molecule has 0 aromatic carbocycles. The van der Waals surface area contributed by atoms with Gasteiger partial charge in [0.15, 0.2) is 5.82 Å². The monoisotopic (exact) mass is 321 g/mol. The summed E-state index contributed by atoms with van der Waals surface area (Å²) >= 11 is 0. The largest absolute Gasteiger partial charge is 0.381 e. The van der Waals surface area contributed by atoms with Crippen molar-refractivity contribution in [3.05, 3.63) is 12.2 Å². The van der Waals surface area contributed by atoms with Crippen LogP contribution in [0.1, 0.15) is 44.5 Å². The molecule has 0 saturated carbocycles. The van der Waals surface area contributed by atoms with Crippen molar-refractivity contribution in [2.45, 2.75) is 44.7 Å². The van der Waals surface area contributed by atoms with Crippen LogP contribution in [0.2, 0.25) is 0 Å². The molecule has 1 aromatic rings. The maximum absolute atomic E-state index is 12.5. The number of aryl methyl sites for hydroxylation is 1. The molecular formula is C16H27N5O2. The van der Waals surface area contributed by atoms with E-state index < -0.39 is 0 Å². The minimum Gasteiger partial charge on any atom is -0.381 e. The van der Waals surface area contributed by atoms with Crippen LogP contribution in [0.25, 0.3) is 0 Å². The molecule has 23 heavy (non-hydrogen) atoms. The van der Waals surface area contributed by atoms with Gasteiger partial charge in [-0.2, -0.15) is 0 Å². The van der Waals surface area contributed by atoms with E-state index >= 15 is 0 Å². The molecule has 1 aromatic heterocycles. The number of piperidine rings is 1. The highest BCUT2D eigenvalue weighted by Crippen LogP contribution is 2.24. The predicted octanol–water partition coefficient (Wildman–Crippen LogP) is 0.883. The van der Waals surface area contributed by atoms with Crippen LogP contribution in [0.5, 0.6) is 0 Å². The van der Waals surface area contributed by atoms with Crippen molar-refractivity contribution >= 4 is 5.91 Å². The van der Waals surface area contributed by atoms with Gasteiger partial charge in [-0.1, -0.05) is 0 Å². The molecule has 0 spiro atoms. The Morgan fingerprint density at radius 1 is 1.30 bits per heavy atom. The Bertz CT molecular complexity index is 518. The summed E-state index contributed by atoms with van der Waals surface area (Å²) in [4.78, 5) is 15.0. The SMILES string of the molecule is C[C@@H](NC(=O)C1CCN(C2CCOCC2)CC1)c1nncn1C. The number of ether oxygens (including phenoxy) is 1. The summed E-state index contributed by atoms with van der Waals surface area (Å²) in [5, 5.41) is 11.0. The fourth-order valence-corrected chi connectivity index (χ4v) is 3.66. The predicted molar refractivity (Wildman–Crippen MR) is 85.7 cm³/mol. The van der Waals surface area contributed by atoms with Crippen molar-refractivity contribution in [2.75, 3.05) is 26.3 Å². The zero-order chi connectivity index (χ0) is 16.2. The van der Waals surface area contributed by atoms with Crippen LogP contribution in [0.4, 0.5) is 0 Å². The normalized spacial score (nSPS) is 22.9. The fraction of sp³-hybridized carbons (Fsp3) is 0.812. The first-order valence-corrected chi connectivity index (χ1v) is 8.61. The quantitative estimate of drug-likeness (QED) is 0.891. The van der Waals surface area contributed by atoms with Crippen molar-refractivity contribution in [1.29, 1.82) is 0 Å². The summed E-state index contributed by atoms with van der Waals surface area (Å²) in [6.45, 7) is 5.74. The number of hydrogen-bond acceptors (Lipinski definition) is 5. The van der Waals surface area contributed by atoms with Gasteiger partial charge in [0.25, 0.3) is 0 Å². The molecule has 2 fully saturated rings. The van der Waals surface area contributed by atoms with E-state index in [0.29, 0.717) is 6.04 Å². The molecule has 3 heterocycles. The number of carbonyl (C=O) groups excluding carboxylic acids is 1. The van der Waals surface area contributed by atoms with E-state index in [9.17, 15) is 4.79 Å². The standard InChI is InChI=1S/C16H27N5O2/c1-12(15-19-17-11-20(15)2)18-16(22)13-3-7-21(8-4-13)14-5-9-23-10-6-14/h11-14H,3-10H2,1-2H3,(H,18,22)/t12-/m1/s1. The van der Waals surface area contributed by atoms with Crippen LogP contribution >= 0.6 is 0 Å². The van der Waals surface area contributed by atoms with Crippen molar-refractivity contribution < 1.29 is 9.53 Å². The van der Waals surface area contributed by atoms with Gasteiger partial charge in [0.05, 0.1) is 6.04 Å². The van der Waals surface area contributed by atoms with Crippen molar-refractivity contribution in [2.24, 2.45) is 13.0 Å². The minimum atomic E-state index is -0.108. The number of nitrogens with one attached hydrogen (secondary N) is 1. The molecule has 2 aliphatic heterocycles. The maximum Gasteiger partial charge on any atom is 0.223 e. The number of amides is 1. The zero-order valence-electron chi connectivity index (χ0n) is 14.1. The van der Waals surface area contributed by atoms with Gasteiger partial charge in [-0.05, 0) is 45.7 Å². The summed E-state index contributed by atoms with van der Waals surface area (Å²) in [7, 11) is 1.89. The second kappa shape index (κ2) is 7.40. The number of hydrogen-bond donors (Lipinski definition) is 1. The van der Waals surface area contributed by atoms with E-state index in [0.717, 1.165) is 57.8 Å². The topological polar surface area (TPSA) is 72.3 Å². The molecule has 2 saturated heterocycles. The molecule has 1 amide bonds. The number of nitrogens with zero attached hydrogens (tertiary/aromatic N) is 4. The zero-order valence-corrected chi connectivity index (χ0v) is 14.1. The van der Waals surface area contributed by atoms with E-state index in [2.05, 4.69) is 20.4 Å². The second-order valence-corrected chi connectivity index (χ2v) is 6.68. The number of likely N-dealkylation sites (tertiary alicyclic amines) is 1. The Balaban J connectivity index is 1.47. The van der Waals surface area contributed by atoms with Crippen LogP contribution in [0, 0.1) is 5.92 Å². The molecule has 1 N–H and O–H groups in total. The minimum absolute atomic E-state index is 0.108. The summed E-state index contributed by atoms with van der Waals surface area (Å²) < 4.78 is 7.28. The fourth-order valence-electron chi connectivity index (χ4n) is 3.66. The first-order valence-electron chi connectivity index (χ1n) is 8.61. The van der Waals surface area contributed by atoms with E-state index in [4.69, 9.17) is 4.74 Å². The molecule has 0 aliphatic carbocycles. The summed E-state index contributed by atoms with van der Waals surface area (Å²) in [6, 6.07) is 0.536. The Kier molecular flexibility index (Phi) is 5.27. The van der Waals surface area contributed by atoms with Crippen molar-refractivity contribution in [3.63, 3.8) is 0 Å². The van der Waals surface area contributed by atoms with E-state index in [1.165, 1.54) is 0 Å². The third-order valence-corrected chi connectivity index (χ3v) is 5.10. The van der Waals surface area contributed by atoms with Gasteiger partial charge in [-0.15, -0.1) is 10.2 Å². The van der Waals surface area contributed by atoms with Crippen LogP contribution in [0.15, 0.2) is 6.33 Å². The molecule has 1 atom stereocenters. The van der Waals surface area contributed by atoms with Gasteiger partial charge in [0, 0.05) is 32.2 Å². The van der Waals surface area contributed by atoms with E-state index in [-0.39, 0.29) is 17.9 Å². The molecule has 0 bridgehead atoms. The summed E-state index contributed by atoms with van der Waals surface area (Å²) in [5.74, 6) is 1.05. The summed E-state index contributed by atoms with van der Waals surface area (Å²) in [6.07, 6.45) is 5.79. The van der Waals surface area contributed by atoms with Crippen LogP contribution < -0.4 is 5.32 Å². The third-order valence-electron chi connectivity index (χ3n) is 5.10. The van der Waals surface area contributed by atoms with Crippen molar-refractivity contribution in [1.82, 2.24) is 25.0 Å². The average Bonchev–Trinajstić information content (AvgIpc) is 3.02. The molecule has 3 rings (SSSR count). The average molecular weight is 321 g/mol. The molecular weight excluding hydrogens is 294 g/mol. The summed E-state index contributed by atoms with van der Waals surface area (Å²) in [5.41, 5.74) is 0. The van der Waals surface area contributed by atoms with E-state index in [1.807, 2.05) is 18.5 Å². The molecule has 0 unspecified atom stereocenters. The van der Waals surface area contributed by atoms with Gasteiger partial charge in [-0.3, -0.25) is 4.79 Å². The molecule has 7 heteroatoms. The highest BCUT2D eigenvalue weighted by atomic mass is 16.5. The number of aromatic nitrogens is 3. The Morgan fingerprint density at radius 3 is 2.61 bits per heavy atom. The first-order chi connectivity index (χ1) is 11.1. The molecule has 7 nitrogen and oxygen atoms in total. The van der Waals surface area contributed by atoms with Gasteiger partial charge < -0.3 is 19.5 Å². The lowest BCUT2D eigenvalue weighted by Crippen LogP contribution is -2.47.